The molecule has 6 heteroatoms. The molecule has 0 aliphatic carbocycles. The Kier molecular flexibility index (Phi) is 2.91. The Morgan fingerprint density at radius 1 is 1.15 bits per heavy atom. The monoisotopic (exact) mass is 317 g/mol. The van der Waals surface area contributed by atoms with E-state index < -0.39 is 11.7 Å². The van der Waals surface area contributed by atoms with Crippen LogP contribution in [-0.2, 0) is 6.18 Å². The van der Waals surface area contributed by atoms with Crippen molar-refractivity contribution in [3.63, 3.8) is 0 Å². The van der Waals surface area contributed by atoms with Gasteiger partial charge in [0.25, 0.3) is 0 Å². The summed E-state index contributed by atoms with van der Waals surface area (Å²) in [4.78, 5) is 0. The Labute approximate surface area is 89.4 Å². The number of halogens is 5. The minimum atomic E-state index is -4.41. The number of anilines is 1. The highest BCUT2D eigenvalue weighted by atomic mass is 79.9. The molecule has 0 spiro atoms. The lowest BCUT2D eigenvalue weighted by molar-refractivity contribution is -0.136. The lowest BCUT2D eigenvalue weighted by Gasteiger charge is -2.11. The average Bonchev–Trinajstić information content (AvgIpc) is 1.98. The van der Waals surface area contributed by atoms with Crippen molar-refractivity contribution in [2.45, 2.75) is 6.18 Å². The van der Waals surface area contributed by atoms with Crippen LogP contribution in [0.1, 0.15) is 5.56 Å². The van der Waals surface area contributed by atoms with Crippen LogP contribution in [0.4, 0.5) is 18.9 Å². The van der Waals surface area contributed by atoms with E-state index in [1.54, 1.807) is 0 Å². The molecule has 0 aromatic heterocycles. The van der Waals surface area contributed by atoms with Crippen LogP contribution in [0.5, 0.6) is 0 Å². The Balaban J connectivity index is 3.35. The second-order valence-electron chi connectivity index (χ2n) is 2.32. The molecule has 0 unspecified atom stereocenters. The maximum absolute atomic E-state index is 12.2. The predicted molar refractivity (Wildman–Crippen MR) is 51.3 cm³/mol. The minimum Gasteiger partial charge on any atom is -0.397 e. The van der Waals surface area contributed by atoms with Gasteiger partial charge in [-0.05, 0) is 44.0 Å². The fourth-order valence-electron chi connectivity index (χ4n) is 0.814. The number of benzene rings is 1. The van der Waals surface area contributed by atoms with Gasteiger partial charge in [0, 0.05) is 4.47 Å². The molecule has 13 heavy (non-hydrogen) atoms. The molecule has 1 rings (SSSR count). The highest BCUT2D eigenvalue weighted by Gasteiger charge is 2.33. The molecule has 0 heterocycles. The number of nitrogen functional groups attached to an aromatic ring is 1. The molecule has 0 saturated heterocycles. The highest BCUT2D eigenvalue weighted by molar-refractivity contribution is 9.13. The largest absolute Gasteiger partial charge is 0.418 e. The van der Waals surface area contributed by atoms with Gasteiger partial charge in [-0.15, -0.1) is 0 Å². The van der Waals surface area contributed by atoms with Crippen molar-refractivity contribution in [1.82, 2.24) is 0 Å². The van der Waals surface area contributed by atoms with Crippen molar-refractivity contribution in [1.29, 1.82) is 0 Å². The molecule has 2 N–H and O–H groups in total. The summed E-state index contributed by atoms with van der Waals surface area (Å²) in [5.41, 5.74) is 4.14. The summed E-state index contributed by atoms with van der Waals surface area (Å²) in [7, 11) is 0. The average molecular weight is 319 g/mol. The SMILES string of the molecule is Nc1c(C(F)(F)F)ccc(Br)c1Br. The summed E-state index contributed by atoms with van der Waals surface area (Å²) in [6.07, 6.45) is -4.41. The molecule has 0 aliphatic rings. The van der Waals surface area contributed by atoms with E-state index in [2.05, 4.69) is 31.9 Å². The van der Waals surface area contributed by atoms with E-state index >= 15 is 0 Å². The van der Waals surface area contributed by atoms with Crippen LogP contribution in [-0.4, -0.2) is 0 Å². The first-order valence-corrected chi connectivity index (χ1v) is 4.73. The third-order valence-corrected chi connectivity index (χ3v) is 3.49. The molecule has 0 fully saturated rings. The third kappa shape index (κ3) is 2.17. The minimum absolute atomic E-state index is 0.224. The lowest BCUT2D eigenvalue weighted by Crippen LogP contribution is -2.09. The maximum atomic E-state index is 12.2. The number of hydrogen-bond acceptors (Lipinski definition) is 1. The number of rotatable bonds is 0. The van der Waals surface area contributed by atoms with Gasteiger partial charge < -0.3 is 5.73 Å². The molecule has 72 valence electrons. The van der Waals surface area contributed by atoms with Crippen LogP contribution in [0.2, 0.25) is 0 Å². The zero-order valence-corrected chi connectivity index (χ0v) is 9.29. The molecule has 0 atom stereocenters. The van der Waals surface area contributed by atoms with E-state index in [0.717, 1.165) is 6.07 Å². The first kappa shape index (κ1) is 10.8. The van der Waals surface area contributed by atoms with Gasteiger partial charge in [-0.2, -0.15) is 13.2 Å². The lowest BCUT2D eigenvalue weighted by atomic mass is 10.2. The molecule has 0 bridgehead atoms. The summed E-state index contributed by atoms with van der Waals surface area (Å²) in [5.74, 6) is 0. The van der Waals surface area contributed by atoms with E-state index in [9.17, 15) is 13.2 Å². The van der Waals surface area contributed by atoms with Gasteiger partial charge in [0.2, 0.25) is 0 Å². The number of hydrogen-bond donors (Lipinski definition) is 1. The molecule has 0 amide bonds. The van der Waals surface area contributed by atoms with Gasteiger partial charge in [0.05, 0.1) is 15.7 Å². The number of alkyl halides is 3. The zero-order valence-electron chi connectivity index (χ0n) is 6.12. The van der Waals surface area contributed by atoms with Crippen LogP contribution in [0.3, 0.4) is 0 Å². The predicted octanol–water partition coefficient (Wildman–Crippen LogP) is 3.81. The third-order valence-electron chi connectivity index (χ3n) is 1.44. The standard InChI is InChI=1S/C7H4Br2F3N/c8-4-2-1-3(7(10,11)12)6(13)5(4)9/h1-2H,13H2. The molecule has 0 saturated carbocycles. The zero-order chi connectivity index (χ0) is 10.2. The van der Waals surface area contributed by atoms with E-state index in [1.165, 1.54) is 6.07 Å². The molecule has 1 aromatic rings. The topological polar surface area (TPSA) is 26.0 Å². The maximum Gasteiger partial charge on any atom is 0.418 e. The van der Waals surface area contributed by atoms with Gasteiger partial charge in [-0.3, -0.25) is 0 Å². The second-order valence-corrected chi connectivity index (χ2v) is 3.97. The van der Waals surface area contributed by atoms with E-state index in [-0.39, 0.29) is 10.2 Å². The van der Waals surface area contributed by atoms with Crippen molar-refractivity contribution in [3.05, 3.63) is 26.6 Å². The Bertz CT molecular complexity index is 335. The molecular weight excluding hydrogens is 315 g/mol. The van der Waals surface area contributed by atoms with Crippen molar-refractivity contribution >= 4 is 37.5 Å². The van der Waals surface area contributed by atoms with E-state index in [0.29, 0.717) is 4.47 Å². The summed E-state index contributed by atoms with van der Waals surface area (Å²) >= 11 is 6.00. The quantitative estimate of drug-likeness (QED) is 0.723. The first-order valence-electron chi connectivity index (χ1n) is 3.14. The van der Waals surface area contributed by atoms with Crippen LogP contribution in [0.15, 0.2) is 21.1 Å². The number of nitrogens with two attached hydrogens (primary N) is 1. The summed E-state index contributed by atoms with van der Waals surface area (Å²) in [6, 6.07) is 2.23. The van der Waals surface area contributed by atoms with E-state index in [1.807, 2.05) is 0 Å². The van der Waals surface area contributed by atoms with Crippen molar-refractivity contribution in [2.24, 2.45) is 0 Å². The summed E-state index contributed by atoms with van der Waals surface area (Å²) in [6.45, 7) is 0. The van der Waals surface area contributed by atoms with Gasteiger partial charge in [0.1, 0.15) is 0 Å². The fraction of sp³-hybridized carbons (Fsp3) is 0.143. The molecule has 1 aromatic carbocycles. The van der Waals surface area contributed by atoms with Crippen LogP contribution >= 0.6 is 31.9 Å². The molecule has 1 nitrogen and oxygen atoms in total. The van der Waals surface area contributed by atoms with Crippen LogP contribution in [0, 0.1) is 0 Å². The summed E-state index contributed by atoms with van der Waals surface area (Å²) in [5, 5.41) is 0. The Hall–Kier alpha value is -0.230. The van der Waals surface area contributed by atoms with Crippen molar-refractivity contribution in [3.8, 4) is 0 Å². The van der Waals surface area contributed by atoms with Crippen LogP contribution < -0.4 is 5.73 Å². The molecule has 0 radical (unpaired) electrons. The highest BCUT2D eigenvalue weighted by Crippen LogP contribution is 2.39. The van der Waals surface area contributed by atoms with E-state index in [4.69, 9.17) is 5.73 Å². The van der Waals surface area contributed by atoms with Gasteiger partial charge in [-0.1, -0.05) is 0 Å². The fourth-order valence-corrected chi connectivity index (χ4v) is 1.51. The van der Waals surface area contributed by atoms with Gasteiger partial charge in [0.15, 0.2) is 0 Å². The Morgan fingerprint density at radius 2 is 1.69 bits per heavy atom. The summed E-state index contributed by atoms with van der Waals surface area (Å²) < 4.78 is 37.5. The molecule has 0 aliphatic heterocycles. The van der Waals surface area contributed by atoms with Crippen molar-refractivity contribution in [2.75, 3.05) is 5.73 Å². The van der Waals surface area contributed by atoms with Gasteiger partial charge in [-0.25, -0.2) is 0 Å². The smallest absolute Gasteiger partial charge is 0.397 e. The normalized spacial score (nSPS) is 11.8. The van der Waals surface area contributed by atoms with Gasteiger partial charge >= 0.3 is 6.18 Å². The molecular formula is C7H4Br2F3N. The first-order chi connectivity index (χ1) is 5.84. The van der Waals surface area contributed by atoms with Crippen LogP contribution in [0.25, 0.3) is 0 Å². The Morgan fingerprint density at radius 3 is 2.15 bits per heavy atom. The van der Waals surface area contributed by atoms with Crippen molar-refractivity contribution < 1.29 is 13.2 Å². The second kappa shape index (κ2) is 3.49.